The Balaban J connectivity index is 1.61. The quantitative estimate of drug-likeness (QED) is 0.651. The van der Waals surface area contributed by atoms with Gasteiger partial charge in [-0.25, -0.2) is 9.37 Å². The lowest BCUT2D eigenvalue weighted by Crippen LogP contribution is -2.65. The fourth-order valence-corrected chi connectivity index (χ4v) is 3.73. The van der Waals surface area contributed by atoms with Crippen molar-refractivity contribution >= 4 is 17.6 Å². The zero-order valence-corrected chi connectivity index (χ0v) is 16.9. The number of carbonyl (C=O) groups excluding carboxylic acids is 2. The molecule has 2 saturated heterocycles. The van der Waals surface area contributed by atoms with Gasteiger partial charge in [0.05, 0.1) is 32.1 Å². The van der Waals surface area contributed by atoms with E-state index in [0.717, 1.165) is 23.1 Å². The van der Waals surface area contributed by atoms with Crippen molar-refractivity contribution in [3.05, 3.63) is 53.5 Å². The molecule has 0 spiro atoms. The second-order valence-electron chi connectivity index (χ2n) is 7.56. The number of hydrogen-bond donors (Lipinski definition) is 0. The van der Waals surface area contributed by atoms with E-state index in [4.69, 9.17) is 9.47 Å². The number of carbonyl (C=O) groups is 2. The van der Waals surface area contributed by atoms with Crippen LogP contribution in [0.4, 0.5) is 23.4 Å². The SMILES string of the molecule is COc1cnc(N2CC(=O)N(Cc3ccc(C(F)(F)F)cc3)[C@@H](C3COC3)C2=O)c(F)c1. The molecule has 2 amide bonds. The van der Waals surface area contributed by atoms with Crippen molar-refractivity contribution in [3.8, 4) is 5.75 Å². The van der Waals surface area contributed by atoms with E-state index >= 15 is 0 Å². The molecule has 0 saturated carbocycles. The number of benzene rings is 1. The minimum atomic E-state index is -4.48. The number of hydrogen-bond acceptors (Lipinski definition) is 5. The van der Waals surface area contributed by atoms with Gasteiger partial charge in [-0.2, -0.15) is 13.2 Å². The maximum atomic E-state index is 14.5. The van der Waals surface area contributed by atoms with Crippen LogP contribution in [0.1, 0.15) is 11.1 Å². The molecule has 11 heteroatoms. The van der Waals surface area contributed by atoms with E-state index < -0.39 is 42.0 Å². The number of ether oxygens (including phenoxy) is 2. The van der Waals surface area contributed by atoms with Crippen molar-refractivity contribution in [2.24, 2.45) is 5.92 Å². The number of pyridine rings is 1. The molecule has 3 heterocycles. The van der Waals surface area contributed by atoms with Crippen LogP contribution in [-0.2, 0) is 27.0 Å². The summed E-state index contributed by atoms with van der Waals surface area (Å²) in [6.07, 6.45) is -3.23. The Hall–Kier alpha value is -3.21. The van der Waals surface area contributed by atoms with Gasteiger partial charge in [-0.3, -0.25) is 14.5 Å². The minimum Gasteiger partial charge on any atom is -0.495 e. The standard InChI is InChI=1S/C21H19F4N3O4/c1-31-15-6-16(22)19(26-7-15)28-9-17(29)27(18(20(28)30)13-10-32-11-13)8-12-2-4-14(5-3-12)21(23,24)25/h2-7,13,18H,8-11H2,1H3/t18-/m0/s1. The fraction of sp³-hybridized carbons (Fsp3) is 0.381. The highest BCUT2D eigenvalue weighted by atomic mass is 19.4. The topological polar surface area (TPSA) is 72.0 Å². The van der Waals surface area contributed by atoms with Gasteiger partial charge in [0.1, 0.15) is 18.3 Å². The Morgan fingerprint density at radius 2 is 1.88 bits per heavy atom. The Morgan fingerprint density at radius 3 is 2.41 bits per heavy atom. The third-order valence-electron chi connectivity index (χ3n) is 5.50. The van der Waals surface area contributed by atoms with Crippen molar-refractivity contribution in [2.45, 2.75) is 18.8 Å². The number of anilines is 1. The third kappa shape index (κ3) is 4.12. The van der Waals surface area contributed by atoms with E-state index in [1.54, 1.807) is 0 Å². The molecule has 1 aromatic carbocycles. The molecule has 2 aliphatic rings. The Kier molecular flexibility index (Phi) is 5.76. The van der Waals surface area contributed by atoms with Gasteiger partial charge in [-0.1, -0.05) is 12.1 Å². The van der Waals surface area contributed by atoms with Crippen molar-refractivity contribution in [1.82, 2.24) is 9.88 Å². The maximum Gasteiger partial charge on any atom is 0.416 e. The van der Waals surface area contributed by atoms with Crippen molar-refractivity contribution in [2.75, 3.05) is 31.8 Å². The summed E-state index contributed by atoms with van der Waals surface area (Å²) in [7, 11) is 1.34. The molecule has 0 unspecified atom stereocenters. The highest BCUT2D eigenvalue weighted by molar-refractivity contribution is 6.06. The summed E-state index contributed by atoms with van der Waals surface area (Å²) in [5.41, 5.74) is -0.370. The van der Waals surface area contributed by atoms with Gasteiger partial charge in [-0.15, -0.1) is 0 Å². The summed E-state index contributed by atoms with van der Waals surface area (Å²) in [4.78, 5) is 32.5. The fourth-order valence-electron chi connectivity index (χ4n) is 3.73. The number of alkyl halides is 3. The lowest BCUT2D eigenvalue weighted by molar-refractivity contribution is -0.155. The number of halogens is 4. The number of nitrogens with zero attached hydrogens (tertiary/aromatic N) is 3. The van der Waals surface area contributed by atoms with E-state index in [1.165, 1.54) is 30.3 Å². The van der Waals surface area contributed by atoms with E-state index in [2.05, 4.69) is 4.98 Å². The van der Waals surface area contributed by atoms with Crippen molar-refractivity contribution in [3.63, 3.8) is 0 Å². The molecule has 0 bridgehead atoms. The lowest BCUT2D eigenvalue weighted by Gasteiger charge is -2.45. The predicted octanol–water partition coefficient (Wildman–Crippen LogP) is 2.64. The first-order valence-corrected chi connectivity index (χ1v) is 9.73. The lowest BCUT2D eigenvalue weighted by atomic mass is 9.92. The van der Waals surface area contributed by atoms with E-state index in [1.807, 2.05) is 0 Å². The first-order chi connectivity index (χ1) is 15.2. The van der Waals surface area contributed by atoms with E-state index in [-0.39, 0.29) is 37.2 Å². The molecule has 0 radical (unpaired) electrons. The Morgan fingerprint density at radius 1 is 1.19 bits per heavy atom. The van der Waals surface area contributed by atoms with Crippen LogP contribution in [0.25, 0.3) is 0 Å². The molecule has 0 N–H and O–H groups in total. The molecule has 4 rings (SSSR count). The smallest absolute Gasteiger partial charge is 0.416 e. The van der Waals surface area contributed by atoms with Crippen LogP contribution in [0.3, 0.4) is 0 Å². The van der Waals surface area contributed by atoms with Gasteiger partial charge in [0.15, 0.2) is 11.6 Å². The largest absolute Gasteiger partial charge is 0.495 e. The van der Waals surface area contributed by atoms with Gasteiger partial charge >= 0.3 is 6.18 Å². The molecule has 7 nitrogen and oxygen atoms in total. The van der Waals surface area contributed by atoms with Crippen LogP contribution in [0.2, 0.25) is 0 Å². The van der Waals surface area contributed by atoms with E-state index in [9.17, 15) is 27.2 Å². The molecule has 2 aromatic rings. The maximum absolute atomic E-state index is 14.5. The third-order valence-corrected chi connectivity index (χ3v) is 5.50. The summed E-state index contributed by atoms with van der Waals surface area (Å²) >= 11 is 0. The number of piperazine rings is 1. The molecule has 1 aromatic heterocycles. The first kappa shape index (κ1) is 22.0. The van der Waals surface area contributed by atoms with Gasteiger partial charge in [0.25, 0.3) is 5.91 Å². The number of methoxy groups -OCH3 is 1. The van der Waals surface area contributed by atoms with Gasteiger partial charge in [0, 0.05) is 18.5 Å². The van der Waals surface area contributed by atoms with Crippen LogP contribution >= 0.6 is 0 Å². The van der Waals surface area contributed by atoms with Gasteiger partial charge in [0.2, 0.25) is 5.91 Å². The molecule has 2 aliphatic heterocycles. The van der Waals surface area contributed by atoms with Crippen LogP contribution in [-0.4, -0.2) is 54.6 Å². The number of rotatable bonds is 5. The van der Waals surface area contributed by atoms with Crippen molar-refractivity contribution < 1.29 is 36.6 Å². The number of aromatic nitrogens is 1. The monoisotopic (exact) mass is 453 g/mol. The van der Waals surface area contributed by atoms with Crippen LogP contribution in [0.15, 0.2) is 36.5 Å². The summed E-state index contributed by atoms with van der Waals surface area (Å²) in [6, 6.07) is 4.51. The molecule has 2 fully saturated rings. The van der Waals surface area contributed by atoms with Gasteiger partial charge in [-0.05, 0) is 17.7 Å². The summed E-state index contributed by atoms with van der Waals surface area (Å²) in [6.45, 7) is -0.0326. The summed E-state index contributed by atoms with van der Waals surface area (Å²) in [5, 5.41) is 0. The average molecular weight is 453 g/mol. The molecular formula is C21H19F4N3O4. The van der Waals surface area contributed by atoms with Crippen LogP contribution in [0, 0.1) is 11.7 Å². The highest BCUT2D eigenvalue weighted by Gasteiger charge is 2.47. The predicted molar refractivity (Wildman–Crippen MR) is 103 cm³/mol. The molecule has 1 atom stereocenters. The van der Waals surface area contributed by atoms with Gasteiger partial charge < -0.3 is 14.4 Å². The van der Waals surface area contributed by atoms with E-state index in [0.29, 0.717) is 5.56 Å². The second kappa shape index (κ2) is 8.38. The minimum absolute atomic E-state index is 0.0593. The summed E-state index contributed by atoms with van der Waals surface area (Å²) in [5.74, 6) is -2.26. The van der Waals surface area contributed by atoms with Crippen LogP contribution < -0.4 is 9.64 Å². The Labute approximate surface area is 180 Å². The molecule has 0 aliphatic carbocycles. The average Bonchev–Trinajstić information content (AvgIpc) is 2.71. The zero-order valence-electron chi connectivity index (χ0n) is 16.9. The number of amides is 2. The molecule has 170 valence electrons. The summed E-state index contributed by atoms with van der Waals surface area (Å²) < 4.78 is 63.1. The zero-order chi connectivity index (χ0) is 23.0. The Bertz CT molecular complexity index is 1020. The van der Waals surface area contributed by atoms with Crippen molar-refractivity contribution in [1.29, 1.82) is 0 Å². The first-order valence-electron chi connectivity index (χ1n) is 9.73. The normalized spacial score (nSPS) is 19.8. The molecule has 32 heavy (non-hydrogen) atoms. The second-order valence-corrected chi connectivity index (χ2v) is 7.56. The molecular weight excluding hydrogens is 434 g/mol. The van der Waals surface area contributed by atoms with Crippen LogP contribution in [0.5, 0.6) is 5.75 Å². The highest BCUT2D eigenvalue weighted by Crippen LogP contribution is 2.32.